The number of benzene rings is 2. The van der Waals surface area contributed by atoms with E-state index in [2.05, 4.69) is 42.8 Å². The van der Waals surface area contributed by atoms with E-state index in [1.165, 1.54) is 11.1 Å². The number of aryl methyl sites for hydroxylation is 2. The van der Waals surface area contributed by atoms with Crippen molar-refractivity contribution in [1.82, 2.24) is 9.55 Å². The second-order valence-electron chi connectivity index (χ2n) is 4.77. The topological polar surface area (TPSA) is 17.8 Å². The van der Waals surface area contributed by atoms with Gasteiger partial charge in [-0.15, -0.1) is 11.6 Å². The highest BCUT2D eigenvalue weighted by atomic mass is 35.5. The Balaban J connectivity index is 2.25. The first-order valence-electron chi connectivity index (χ1n) is 6.28. The summed E-state index contributed by atoms with van der Waals surface area (Å²) in [6.07, 6.45) is 0. The Hall–Kier alpha value is -1.80. The van der Waals surface area contributed by atoms with Crippen LogP contribution < -0.4 is 0 Å². The van der Waals surface area contributed by atoms with Gasteiger partial charge < -0.3 is 4.57 Å². The number of aromatic nitrogens is 2. The highest BCUT2D eigenvalue weighted by molar-refractivity contribution is 6.17. The van der Waals surface area contributed by atoms with E-state index in [4.69, 9.17) is 16.6 Å². The maximum Gasteiger partial charge on any atom is 0.140 e. The number of nitrogens with zero attached hydrogens (tertiary/aromatic N) is 2. The summed E-state index contributed by atoms with van der Waals surface area (Å²) >= 11 is 5.90. The fourth-order valence-electron chi connectivity index (χ4n) is 2.52. The second-order valence-corrected chi connectivity index (χ2v) is 5.04. The van der Waals surface area contributed by atoms with Gasteiger partial charge in [-0.05, 0) is 30.2 Å². The van der Waals surface area contributed by atoms with Crippen molar-refractivity contribution in [2.75, 3.05) is 0 Å². The van der Waals surface area contributed by atoms with Crippen LogP contribution in [0, 0.1) is 6.92 Å². The van der Waals surface area contributed by atoms with Gasteiger partial charge in [0, 0.05) is 18.5 Å². The minimum Gasteiger partial charge on any atom is -0.327 e. The third kappa shape index (κ3) is 2.02. The summed E-state index contributed by atoms with van der Waals surface area (Å²) in [5, 5.41) is 0. The molecule has 1 heterocycles. The van der Waals surface area contributed by atoms with Crippen LogP contribution in [-0.4, -0.2) is 9.55 Å². The van der Waals surface area contributed by atoms with Crippen molar-refractivity contribution in [3.8, 4) is 11.4 Å². The van der Waals surface area contributed by atoms with Crippen LogP contribution >= 0.6 is 11.6 Å². The standard InChI is InChI=1S/C16H15ClN2/c1-11-5-3-8-14-15(11)19(2)16(18-14)13-7-4-6-12(9-13)10-17/h3-9H,10H2,1-2H3. The normalized spacial score (nSPS) is 11.1. The van der Waals surface area contributed by atoms with Crippen LogP contribution in [0.3, 0.4) is 0 Å². The Labute approximate surface area is 117 Å². The molecule has 0 bridgehead atoms. The number of imidazole rings is 1. The lowest BCUT2D eigenvalue weighted by atomic mass is 10.1. The van der Waals surface area contributed by atoms with Crippen molar-refractivity contribution < 1.29 is 0 Å². The Morgan fingerprint density at radius 2 is 1.95 bits per heavy atom. The molecule has 2 aromatic carbocycles. The quantitative estimate of drug-likeness (QED) is 0.635. The zero-order chi connectivity index (χ0) is 13.4. The Morgan fingerprint density at radius 1 is 1.16 bits per heavy atom. The number of alkyl halides is 1. The molecule has 0 radical (unpaired) electrons. The average Bonchev–Trinajstić information content (AvgIpc) is 2.77. The number of hydrogen-bond acceptors (Lipinski definition) is 1. The lowest BCUT2D eigenvalue weighted by Crippen LogP contribution is -1.94. The summed E-state index contributed by atoms with van der Waals surface area (Å²) in [6.45, 7) is 2.11. The molecule has 0 aliphatic rings. The number of rotatable bonds is 2. The lowest BCUT2D eigenvalue weighted by Gasteiger charge is -2.05. The molecule has 1 aromatic heterocycles. The molecule has 19 heavy (non-hydrogen) atoms. The minimum absolute atomic E-state index is 0.525. The molecule has 96 valence electrons. The van der Waals surface area contributed by atoms with E-state index in [1.54, 1.807) is 0 Å². The van der Waals surface area contributed by atoms with Crippen LogP contribution in [0.15, 0.2) is 42.5 Å². The molecule has 3 heteroatoms. The zero-order valence-corrected chi connectivity index (χ0v) is 11.8. The van der Waals surface area contributed by atoms with E-state index in [0.29, 0.717) is 5.88 Å². The lowest BCUT2D eigenvalue weighted by molar-refractivity contribution is 0.955. The molecule has 3 rings (SSSR count). The van der Waals surface area contributed by atoms with Gasteiger partial charge in [0.15, 0.2) is 0 Å². The second kappa shape index (κ2) is 4.71. The van der Waals surface area contributed by atoms with Crippen LogP contribution in [0.25, 0.3) is 22.4 Å². The minimum atomic E-state index is 0.525. The van der Waals surface area contributed by atoms with E-state index in [1.807, 2.05) is 18.2 Å². The Bertz CT molecular complexity index is 744. The monoisotopic (exact) mass is 270 g/mol. The Kier molecular flexibility index (Phi) is 3.03. The summed E-state index contributed by atoms with van der Waals surface area (Å²) < 4.78 is 2.15. The third-order valence-corrected chi connectivity index (χ3v) is 3.74. The van der Waals surface area contributed by atoms with Gasteiger partial charge in [0.05, 0.1) is 11.0 Å². The highest BCUT2D eigenvalue weighted by Crippen LogP contribution is 2.26. The predicted molar refractivity (Wildman–Crippen MR) is 80.4 cm³/mol. The fraction of sp³-hybridized carbons (Fsp3) is 0.188. The van der Waals surface area contributed by atoms with Gasteiger partial charge in [0.2, 0.25) is 0 Å². The molecule has 0 saturated carbocycles. The molecule has 0 aliphatic heterocycles. The molecule has 0 fully saturated rings. The molecule has 0 aliphatic carbocycles. The van der Waals surface area contributed by atoms with E-state index in [0.717, 1.165) is 22.5 Å². The smallest absolute Gasteiger partial charge is 0.140 e. The van der Waals surface area contributed by atoms with Crippen molar-refractivity contribution >= 4 is 22.6 Å². The third-order valence-electron chi connectivity index (χ3n) is 3.44. The SMILES string of the molecule is Cc1cccc2nc(-c3cccc(CCl)c3)n(C)c12. The van der Waals surface area contributed by atoms with Crippen molar-refractivity contribution in [3.05, 3.63) is 53.6 Å². The van der Waals surface area contributed by atoms with Gasteiger partial charge in [0.1, 0.15) is 5.82 Å². The van der Waals surface area contributed by atoms with E-state index >= 15 is 0 Å². The molecule has 2 nitrogen and oxygen atoms in total. The van der Waals surface area contributed by atoms with Gasteiger partial charge in [-0.1, -0.05) is 30.3 Å². The first kappa shape index (κ1) is 12.2. The molecule has 0 unspecified atom stereocenters. The summed E-state index contributed by atoms with van der Waals surface area (Å²) in [4.78, 5) is 4.74. The number of hydrogen-bond donors (Lipinski definition) is 0. The number of fused-ring (bicyclic) bond motifs is 1. The molecule has 0 spiro atoms. The van der Waals surface area contributed by atoms with Crippen LogP contribution in [0.2, 0.25) is 0 Å². The van der Waals surface area contributed by atoms with E-state index in [-0.39, 0.29) is 0 Å². The van der Waals surface area contributed by atoms with Gasteiger partial charge >= 0.3 is 0 Å². The van der Waals surface area contributed by atoms with Crippen molar-refractivity contribution in [3.63, 3.8) is 0 Å². The van der Waals surface area contributed by atoms with E-state index < -0.39 is 0 Å². The maximum absolute atomic E-state index is 5.90. The number of halogens is 1. The Morgan fingerprint density at radius 3 is 2.68 bits per heavy atom. The summed E-state index contributed by atoms with van der Waals surface area (Å²) in [6, 6.07) is 14.4. The zero-order valence-electron chi connectivity index (χ0n) is 11.0. The molecule has 0 N–H and O–H groups in total. The van der Waals surface area contributed by atoms with Gasteiger partial charge in [0.25, 0.3) is 0 Å². The number of para-hydroxylation sites is 1. The van der Waals surface area contributed by atoms with Crippen LogP contribution in [0.4, 0.5) is 0 Å². The molecule has 0 amide bonds. The largest absolute Gasteiger partial charge is 0.327 e. The predicted octanol–water partition coefficient (Wildman–Crippen LogP) is 4.29. The molecule has 0 saturated heterocycles. The fourth-order valence-corrected chi connectivity index (χ4v) is 2.68. The van der Waals surface area contributed by atoms with Gasteiger partial charge in [-0.3, -0.25) is 0 Å². The summed E-state index contributed by atoms with van der Waals surface area (Å²) in [7, 11) is 2.06. The van der Waals surface area contributed by atoms with Crippen LogP contribution in [0.1, 0.15) is 11.1 Å². The average molecular weight is 271 g/mol. The van der Waals surface area contributed by atoms with Crippen molar-refractivity contribution in [2.45, 2.75) is 12.8 Å². The maximum atomic E-state index is 5.90. The summed E-state index contributed by atoms with van der Waals surface area (Å²) in [5.41, 5.74) is 5.69. The van der Waals surface area contributed by atoms with Crippen molar-refractivity contribution in [2.24, 2.45) is 7.05 Å². The van der Waals surface area contributed by atoms with E-state index in [9.17, 15) is 0 Å². The van der Waals surface area contributed by atoms with Gasteiger partial charge in [-0.2, -0.15) is 0 Å². The van der Waals surface area contributed by atoms with Crippen LogP contribution in [0.5, 0.6) is 0 Å². The highest BCUT2D eigenvalue weighted by Gasteiger charge is 2.11. The molecule has 0 atom stereocenters. The van der Waals surface area contributed by atoms with Crippen LogP contribution in [-0.2, 0) is 12.9 Å². The first-order chi connectivity index (χ1) is 9.20. The molecular formula is C16H15ClN2. The molecular weight excluding hydrogens is 256 g/mol. The van der Waals surface area contributed by atoms with Gasteiger partial charge in [-0.25, -0.2) is 4.98 Å². The first-order valence-corrected chi connectivity index (χ1v) is 6.81. The summed E-state index contributed by atoms with van der Waals surface area (Å²) in [5.74, 6) is 1.51. The van der Waals surface area contributed by atoms with Crippen molar-refractivity contribution in [1.29, 1.82) is 0 Å². The molecule has 3 aromatic rings.